The first-order valence-corrected chi connectivity index (χ1v) is 8.26. The number of carbonyl (C=O) groups excluding carboxylic acids is 1. The number of hydrogen-bond donors (Lipinski definition) is 3. The fourth-order valence-electron chi connectivity index (χ4n) is 2.29. The number of rotatable bonds is 5. The molecule has 0 aliphatic heterocycles. The second-order valence-electron chi connectivity index (χ2n) is 5.56. The highest BCUT2D eigenvalue weighted by Gasteiger charge is 2.24. The van der Waals surface area contributed by atoms with E-state index in [1.54, 1.807) is 6.92 Å². The van der Waals surface area contributed by atoms with Crippen molar-refractivity contribution in [1.82, 2.24) is 5.32 Å². The lowest BCUT2D eigenvalue weighted by atomic mass is 9.99. The summed E-state index contributed by atoms with van der Waals surface area (Å²) in [5.41, 5.74) is 2.70. The van der Waals surface area contributed by atoms with Crippen molar-refractivity contribution in [3.8, 4) is 0 Å². The number of para-hydroxylation sites is 1. The Morgan fingerprint density at radius 1 is 1.36 bits per heavy atom. The van der Waals surface area contributed by atoms with Gasteiger partial charge in [-0.25, -0.2) is 4.79 Å². The fourth-order valence-corrected chi connectivity index (χ4v) is 3.07. The minimum Gasteiger partial charge on any atom is -0.384 e. The second kappa shape index (κ2) is 6.94. The number of anilines is 1. The molecule has 0 saturated heterocycles. The molecule has 1 heterocycles. The molecule has 0 saturated carbocycles. The quantitative estimate of drug-likeness (QED) is 0.788. The number of benzene rings is 1. The van der Waals surface area contributed by atoms with Crippen LogP contribution in [-0.4, -0.2) is 17.7 Å². The highest BCUT2D eigenvalue weighted by atomic mass is 32.1. The Morgan fingerprint density at radius 2 is 2.14 bits per heavy atom. The van der Waals surface area contributed by atoms with Gasteiger partial charge in [0.15, 0.2) is 0 Å². The largest absolute Gasteiger partial charge is 0.384 e. The maximum absolute atomic E-state index is 12.1. The van der Waals surface area contributed by atoms with Gasteiger partial charge in [-0.2, -0.15) is 11.3 Å². The average Bonchev–Trinajstić information content (AvgIpc) is 3.02. The summed E-state index contributed by atoms with van der Waals surface area (Å²) in [5.74, 6) is 0. The Labute approximate surface area is 135 Å². The van der Waals surface area contributed by atoms with Crippen LogP contribution < -0.4 is 10.6 Å². The van der Waals surface area contributed by atoms with Crippen LogP contribution in [0.25, 0.3) is 0 Å². The third-order valence-corrected chi connectivity index (χ3v) is 4.40. The molecule has 0 bridgehead atoms. The summed E-state index contributed by atoms with van der Waals surface area (Å²) in [6.07, 6.45) is 0.851. The molecule has 1 atom stereocenters. The zero-order chi connectivity index (χ0) is 16.2. The first-order chi connectivity index (χ1) is 10.4. The van der Waals surface area contributed by atoms with E-state index in [9.17, 15) is 9.90 Å². The van der Waals surface area contributed by atoms with Gasteiger partial charge in [0.2, 0.25) is 0 Å². The smallest absolute Gasteiger partial charge is 0.319 e. The molecule has 0 radical (unpaired) electrons. The molecule has 1 unspecified atom stereocenters. The Morgan fingerprint density at radius 3 is 2.77 bits per heavy atom. The first kappa shape index (κ1) is 16.5. The van der Waals surface area contributed by atoms with Crippen molar-refractivity contribution in [1.29, 1.82) is 0 Å². The Balaban J connectivity index is 2.00. The van der Waals surface area contributed by atoms with Crippen molar-refractivity contribution < 1.29 is 9.90 Å². The molecule has 2 amide bonds. The lowest BCUT2D eigenvalue weighted by Gasteiger charge is -2.23. The highest BCUT2D eigenvalue weighted by Crippen LogP contribution is 2.23. The third kappa shape index (κ3) is 3.87. The minimum atomic E-state index is -1.07. The van der Waals surface area contributed by atoms with Crippen LogP contribution in [0.1, 0.15) is 30.5 Å². The zero-order valence-corrected chi connectivity index (χ0v) is 14.0. The molecule has 1 aromatic carbocycles. The van der Waals surface area contributed by atoms with E-state index in [2.05, 4.69) is 17.6 Å². The van der Waals surface area contributed by atoms with Gasteiger partial charge in [-0.1, -0.05) is 25.1 Å². The van der Waals surface area contributed by atoms with Crippen molar-refractivity contribution in [3.63, 3.8) is 0 Å². The second-order valence-corrected chi connectivity index (χ2v) is 6.34. The normalized spacial score (nSPS) is 13.5. The Hall–Kier alpha value is -1.85. The number of nitrogens with one attached hydrogen (secondary N) is 2. The molecule has 118 valence electrons. The van der Waals surface area contributed by atoms with E-state index in [1.807, 2.05) is 41.9 Å². The zero-order valence-electron chi connectivity index (χ0n) is 13.1. The van der Waals surface area contributed by atoms with E-state index in [0.29, 0.717) is 0 Å². The Kier molecular flexibility index (Phi) is 5.21. The van der Waals surface area contributed by atoms with Crippen LogP contribution in [0.5, 0.6) is 0 Å². The molecule has 0 aliphatic carbocycles. The van der Waals surface area contributed by atoms with E-state index >= 15 is 0 Å². The summed E-state index contributed by atoms with van der Waals surface area (Å²) in [4.78, 5) is 12.1. The molecule has 3 N–H and O–H groups in total. The van der Waals surface area contributed by atoms with Crippen molar-refractivity contribution in [2.24, 2.45) is 0 Å². The standard InChI is InChI=1S/C17H22N2O2S/c1-4-13-7-5-6-12(2)15(13)19-16(20)18-11-17(3,21)14-8-9-22-10-14/h5-10,21H,4,11H2,1-3H3,(H2,18,19,20). The van der Waals surface area contributed by atoms with Crippen LogP contribution >= 0.6 is 11.3 Å². The number of urea groups is 1. The van der Waals surface area contributed by atoms with Crippen molar-refractivity contribution in [3.05, 3.63) is 51.7 Å². The molecule has 0 spiro atoms. The Bertz CT molecular complexity index is 636. The van der Waals surface area contributed by atoms with Gasteiger partial charge in [-0.05, 0) is 53.8 Å². The maximum atomic E-state index is 12.1. The molecule has 5 heteroatoms. The molecule has 0 aliphatic rings. The topological polar surface area (TPSA) is 61.4 Å². The molecule has 22 heavy (non-hydrogen) atoms. The summed E-state index contributed by atoms with van der Waals surface area (Å²) in [5, 5.41) is 19.8. The van der Waals surface area contributed by atoms with Gasteiger partial charge in [0.05, 0.1) is 6.54 Å². The van der Waals surface area contributed by atoms with Crippen LogP contribution in [0.4, 0.5) is 10.5 Å². The average molecular weight is 318 g/mol. The maximum Gasteiger partial charge on any atom is 0.319 e. The van der Waals surface area contributed by atoms with Crippen LogP contribution in [0.15, 0.2) is 35.0 Å². The van der Waals surface area contributed by atoms with Gasteiger partial charge >= 0.3 is 6.03 Å². The molecule has 2 rings (SSSR count). The number of hydrogen-bond acceptors (Lipinski definition) is 3. The molecule has 4 nitrogen and oxygen atoms in total. The lowest BCUT2D eigenvalue weighted by molar-refractivity contribution is 0.0604. The summed E-state index contributed by atoms with van der Waals surface area (Å²) < 4.78 is 0. The van der Waals surface area contributed by atoms with Crippen molar-refractivity contribution >= 4 is 23.1 Å². The predicted molar refractivity (Wildman–Crippen MR) is 91.5 cm³/mol. The first-order valence-electron chi connectivity index (χ1n) is 7.32. The van der Waals surface area contributed by atoms with E-state index in [1.165, 1.54) is 11.3 Å². The van der Waals surface area contributed by atoms with Gasteiger partial charge in [-0.3, -0.25) is 0 Å². The van der Waals surface area contributed by atoms with E-state index in [-0.39, 0.29) is 12.6 Å². The van der Waals surface area contributed by atoms with Crippen LogP contribution in [0.3, 0.4) is 0 Å². The predicted octanol–water partition coefficient (Wildman–Crippen LogP) is 3.65. The lowest BCUT2D eigenvalue weighted by Crippen LogP contribution is -2.40. The van der Waals surface area contributed by atoms with Gasteiger partial charge in [0, 0.05) is 5.69 Å². The summed E-state index contributed by atoms with van der Waals surface area (Å²) in [6.45, 7) is 5.87. The number of aryl methyl sites for hydroxylation is 2. The van der Waals surface area contributed by atoms with Crippen LogP contribution in [-0.2, 0) is 12.0 Å². The van der Waals surface area contributed by atoms with E-state index < -0.39 is 5.60 Å². The molecule has 1 aromatic heterocycles. The third-order valence-electron chi connectivity index (χ3n) is 3.71. The van der Waals surface area contributed by atoms with E-state index in [4.69, 9.17) is 0 Å². The minimum absolute atomic E-state index is 0.156. The van der Waals surface area contributed by atoms with Crippen molar-refractivity contribution in [2.75, 3.05) is 11.9 Å². The summed E-state index contributed by atoms with van der Waals surface area (Å²) in [7, 11) is 0. The monoisotopic (exact) mass is 318 g/mol. The molecule has 2 aromatic rings. The van der Waals surface area contributed by atoms with Gasteiger partial charge in [0.25, 0.3) is 0 Å². The van der Waals surface area contributed by atoms with Crippen molar-refractivity contribution in [2.45, 2.75) is 32.8 Å². The number of aliphatic hydroxyl groups is 1. The molecule has 0 fully saturated rings. The highest BCUT2D eigenvalue weighted by molar-refractivity contribution is 7.08. The summed E-state index contributed by atoms with van der Waals surface area (Å²) in [6, 6.07) is 7.51. The van der Waals surface area contributed by atoms with E-state index in [0.717, 1.165) is 28.8 Å². The van der Waals surface area contributed by atoms with Crippen LogP contribution in [0, 0.1) is 6.92 Å². The van der Waals surface area contributed by atoms with Crippen LogP contribution in [0.2, 0.25) is 0 Å². The fraction of sp³-hybridized carbons (Fsp3) is 0.353. The molecular weight excluding hydrogens is 296 g/mol. The number of amides is 2. The van der Waals surface area contributed by atoms with Gasteiger partial charge in [0.1, 0.15) is 5.60 Å². The SMILES string of the molecule is CCc1cccc(C)c1NC(=O)NCC(C)(O)c1ccsc1. The molecular formula is C17H22N2O2S. The number of thiophene rings is 1. The van der Waals surface area contributed by atoms with Gasteiger partial charge < -0.3 is 15.7 Å². The summed E-state index contributed by atoms with van der Waals surface area (Å²) >= 11 is 1.52. The van der Waals surface area contributed by atoms with Gasteiger partial charge in [-0.15, -0.1) is 0 Å². The number of carbonyl (C=O) groups is 1.